The van der Waals surface area contributed by atoms with Crippen molar-refractivity contribution in [1.29, 1.82) is 0 Å². The Morgan fingerprint density at radius 2 is 2.16 bits per heavy atom. The number of ether oxygens (including phenoxy) is 1. The predicted molar refractivity (Wildman–Crippen MR) is 71.5 cm³/mol. The van der Waals surface area contributed by atoms with Crippen molar-refractivity contribution in [3.63, 3.8) is 0 Å². The zero-order valence-electron chi connectivity index (χ0n) is 10.4. The van der Waals surface area contributed by atoms with Crippen LogP contribution in [0.4, 0.5) is 10.2 Å². The minimum absolute atomic E-state index is 0.0111. The van der Waals surface area contributed by atoms with Crippen LogP contribution >= 0.6 is 11.6 Å². The first-order chi connectivity index (χ1) is 9.19. The number of hydrogen-bond acceptors (Lipinski definition) is 4. The maximum absolute atomic E-state index is 13.4. The molecular formula is C13H13ClFN3O. The van der Waals surface area contributed by atoms with Crippen molar-refractivity contribution in [2.75, 3.05) is 12.4 Å². The molecule has 0 saturated heterocycles. The first kappa shape index (κ1) is 13.7. The van der Waals surface area contributed by atoms with Crippen molar-refractivity contribution in [2.45, 2.75) is 13.2 Å². The third-order valence-corrected chi connectivity index (χ3v) is 2.66. The molecule has 0 radical (unpaired) electrons. The Balaban J connectivity index is 2.05. The summed E-state index contributed by atoms with van der Waals surface area (Å²) in [6.07, 6.45) is 1.04. The fourth-order valence-electron chi connectivity index (χ4n) is 1.65. The number of hydrogen-bond donors (Lipinski definition) is 1. The number of nitrogens with one attached hydrogen (secondary N) is 1. The molecule has 19 heavy (non-hydrogen) atoms. The summed E-state index contributed by atoms with van der Waals surface area (Å²) in [4.78, 5) is 7.35. The highest BCUT2D eigenvalue weighted by atomic mass is 35.5. The maximum atomic E-state index is 13.4. The average molecular weight is 282 g/mol. The average Bonchev–Trinajstić information content (AvgIpc) is 2.41. The maximum Gasteiger partial charge on any atom is 0.224 e. The van der Waals surface area contributed by atoms with E-state index in [-0.39, 0.29) is 11.1 Å². The van der Waals surface area contributed by atoms with Gasteiger partial charge in [-0.25, -0.2) is 9.37 Å². The second-order valence-electron chi connectivity index (χ2n) is 3.94. The molecule has 0 unspecified atom stereocenters. The summed E-state index contributed by atoms with van der Waals surface area (Å²) in [6.45, 7) is 0.989. The molecule has 4 nitrogen and oxygen atoms in total. The smallest absolute Gasteiger partial charge is 0.224 e. The van der Waals surface area contributed by atoms with Crippen molar-refractivity contribution >= 4 is 17.4 Å². The van der Waals surface area contributed by atoms with E-state index < -0.39 is 5.82 Å². The number of nitrogens with zero attached hydrogens (tertiary/aromatic N) is 2. The molecule has 0 saturated carbocycles. The molecule has 0 amide bonds. The third-order valence-electron chi connectivity index (χ3n) is 2.48. The molecule has 1 heterocycles. The Hall–Kier alpha value is -1.72. The van der Waals surface area contributed by atoms with E-state index in [4.69, 9.17) is 16.3 Å². The van der Waals surface area contributed by atoms with Gasteiger partial charge in [0.1, 0.15) is 0 Å². The van der Waals surface area contributed by atoms with Crippen LogP contribution in [0.1, 0.15) is 11.1 Å². The van der Waals surface area contributed by atoms with Gasteiger partial charge in [0.05, 0.1) is 12.8 Å². The van der Waals surface area contributed by atoms with Gasteiger partial charge in [-0.3, -0.25) is 0 Å². The lowest BCUT2D eigenvalue weighted by Gasteiger charge is -2.08. The molecule has 2 aromatic rings. The van der Waals surface area contributed by atoms with Crippen molar-refractivity contribution in [1.82, 2.24) is 9.97 Å². The molecule has 1 N–H and O–H groups in total. The molecule has 6 heteroatoms. The summed E-state index contributed by atoms with van der Waals surface area (Å²) in [7, 11) is 1.64. The Morgan fingerprint density at radius 1 is 1.37 bits per heavy atom. The minimum atomic E-state index is -0.530. The van der Waals surface area contributed by atoms with E-state index in [1.165, 1.54) is 0 Å². The molecule has 1 aromatic heterocycles. The van der Waals surface area contributed by atoms with Gasteiger partial charge in [-0.1, -0.05) is 24.3 Å². The topological polar surface area (TPSA) is 47.0 Å². The number of benzene rings is 1. The Labute approximate surface area is 115 Å². The third kappa shape index (κ3) is 3.87. The van der Waals surface area contributed by atoms with Crippen LogP contribution in [0, 0.1) is 5.82 Å². The highest BCUT2D eigenvalue weighted by Crippen LogP contribution is 2.14. The Kier molecular flexibility index (Phi) is 4.65. The van der Waals surface area contributed by atoms with Gasteiger partial charge in [-0.05, 0) is 22.7 Å². The van der Waals surface area contributed by atoms with Crippen LogP contribution in [-0.2, 0) is 17.9 Å². The fraction of sp³-hybridized carbons (Fsp3) is 0.231. The van der Waals surface area contributed by atoms with Gasteiger partial charge < -0.3 is 10.1 Å². The Morgan fingerprint density at radius 3 is 2.95 bits per heavy atom. The Bertz CT molecular complexity index is 565. The lowest BCUT2D eigenvalue weighted by Crippen LogP contribution is -2.05. The quantitative estimate of drug-likeness (QED) is 0.856. The highest BCUT2D eigenvalue weighted by molar-refractivity contribution is 6.28. The zero-order chi connectivity index (χ0) is 13.7. The van der Waals surface area contributed by atoms with Crippen LogP contribution in [-0.4, -0.2) is 17.1 Å². The summed E-state index contributed by atoms with van der Waals surface area (Å²) in [5.74, 6) is -0.436. The zero-order valence-corrected chi connectivity index (χ0v) is 11.1. The fourth-order valence-corrected chi connectivity index (χ4v) is 1.78. The van der Waals surface area contributed by atoms with Crippen molar-refractivity contribution in [2.24, 2.45) is 0 Å². The molecule has 1 aromatic carbocycles. The molecule has 0 fully saturated rings. The standard InChI is InChI=1S/C13H13ClFN3O/c1-19-8-10-4-2-3-9(5-10)6-16-12-11(15)7-17-13(14)18-12/h2-5,7H,6,8H2,1H3,(H,16,17,18). The van der Waals surface area contributed by atoms with Gasteiger partial charge in [0.2, 0.25) is 5.28 Å². The van der Waals surface area contributed by atoms with Crippen molar-refractivity contribution < 1.29 is 9.13 Å². The van der Waals surface area contributed by atoms with E-state index in [1.54, 1.807) is 7.11 Å². The largest absolute Gasteiger partial charge is 0.380 e. The molecule has 0 aliphatic rings. The second kappa shape index (κ2) is 6.45. The summed E-state index contributed by atoms with van der Waals surface area (Å²) in [5.41, 5.74) is 2.06. The second-order valence-corrected chi connectivity index (χ2v) is 4.28. The van der Waals surface area contributed by atoms with E-state index in [0.717, 1.165) is 17.3 Å². The predicted octanol–water partition coefficient (Wildman–Crippen LogP) is 3.03. The van der Waals surface area contributed by atoms with E-state index >= 15 is 0 Å². The first-order valence-electron chi connectivity index (χ1n) is 5.67. The molecule has 2 rings (SSSR count). The lowest BCUT2D eigenvalue weighted by atomic mass is 10.1. The van der Waals surface area contributed by atoms with E-state index in [9.17, 15) is 4.39 Å². The van der Waals surface area contributed by atoms with Gasteiger partial charge in [-0.15, -0.1) is 0 Å². The van der Waals surface area contributed by atoms with Crippen molar-refractivity contribution in [3.05, 3.63) is 52.7 Å². The molecule has 0 atom stereocenters. The molecular weight excluding hydrogens is 269 g/mol. The summed E-state index contributed by atoms with van der Waals surface area (Å²) < 4.78 is 18.5. The summed E-state index contributed by atoms with van der Waals surface area (Å²) in [5, 5.41) is 2.90. The number of rotatable bonds is 5. The van der Waals surface area contributed by atoms with E-state index in [0.29, 0.717) is 13.2 Å². The summed E-state index contributed by atoms with van der Waals surface area (Å²) in [6, 6.07) is 7.81. The molecule has 0 spiro atoms. The normalized spacial score (nSPS) is 10.5. The van der Waals surface area contributed by atoms with Crippen LogP contribution in [0.3, 0.4) is 0 Å². The first-order valence-corrected chi connectivity index (χ1v) is 6.05. The van der Waals surface area contributed by atoms with E-state index in [2.05, 4.69) is 15.3 Å². The van der Waals surface area contributed by atoms with Gasteiger partial charge in [0, 0.05) is 13.7 Å². The molecule has 0 aliphatic carbocycles. The van der Waals surface area contributed by atoms with Crippen LogP contribution in [0.15, 0.2) is 30.5 Å². The number of aromatic nitrogens is 2. The van der Waals surface area contributed by atoms with Crippen LogP contribution < -0.4 is 5.32 Å². The monoisotopic (exact) mass is 281 g/mol. The SMILES string of the molecule is COCc1cccc(CNc2nc(Cl)ncc2F)c1. The van der Waals surface area contributed by atoms with E-state index in [1.807, 2.05) is 24.3 Å². The number of halogens is 2. The number of anilines is 1. The van der Waals surface area contributed by atoms with Gasteiger partial charge in [-0.2, -0.15) is 4.98 Å². The van der Waals surface area contributed by atoms with Gasteiger partial charge >= 0.3 is 0 Å². The van der Waals surface area contributed by atoms with Crippen molar-refractivity contribution in [3.8, 4) is 0 Å². The van der Waals surface area contributed by atoms with Crippen LogP contribution in [0.25, 0.3) is 0 Å². The lowest BCUT2D eigenvalue weighted by molar-refractivity contribution is 0.185. The summed E-state index contributed by atoms with van der Waals surface area (Å²) >= 11 is 5.62. The van der Waals surface area contributed by atoms with Gasteiger partial charge in [0.25, 0.3) is 0 Å². The number of methoxy groups -OCH3 is 1. The molecule has 0 aliphatic heterocycles. The molecule has 100 valence electrons. The minimum Gasteiger partial charge on any atom is -0.380 e. The van der Waals surface area contributed by atoms with Crippen LogP contribution in [0.2, 0.25) is 5.28 Å². The molecule has 0 bridgehead atoms. The van der Waals surface area contributed by atoms with Crippen LogP contribution in [0.5, 0.6) is 0 Å². The highest BCUT2D eigenvalue weighted by Gasteiger charge is 2.05. The van der Waals surface area contributed by atoms with Gasteiger partial charge in [0.15, 0.2) is 11.6 Å².